The summed E-state index contributed by atoms with van der Waals surface area (Å²) in [7, 11) is 0. The average Bonchev–Trinajstić information content (AvgIpc) is 2.74. The SMILES string of the molecule is Cc1c(Cl)ccc(N2C(=O)c3ccccc3C2=O)c1[N+](=O)[O-]. The first-order valence-electron chi connectivity index (χ1n) is 6.34. The van der Waals surface area contributed by atoms with Crippen molar-refractivity contribution < 1.29 is 14.5 Å². The summed E-state index contributed by atoms with van der Waals surface area (Å²) in [5.74, 6) is -1.16. The highest BCUT2D eigenvalue weighted by atomic mass is 35.5. The molecule has 0 aliphatic carbocycles. The van der Waals surface area contributed by atoms with Gasteiger partial charge < -0.3 is 0 Å². The zero-order chi connectivity index (χ0) is 16.0. The van der Waals surface area contributed by atoms with Crippen LogP contribution in [-0.4, -0.2) is 16.7 Å². The van der Waals surface area contributed by atoms with Gasteiger partial charge in [-0.15, -0.1) is 0 Å². The van der Waals surface area contributed by atoms with Crippen molar-refractivity contribution in [1.29, 1.82) is 0 Å². The Kier molecular flexibility index (Phi) is 3.18. The van der Waals surface area contributed by atoms with Crippen LogP contribution in [0, 0.1) is 17.0 Å². The zero-order valence-electron chi connectivity index (χ0n) is 11.4. The first kappa shape index (κ1) is 14.2. The highest BCUT2D eigenvalue weighted by molar-refractivity contribution is 6.36. The normalized spacial score (nSPS) is 13.5. The molecule has 22 heavy (non-hydrogen) atoms. The van der Waals surface area contributed by atoms with Gasteiger partial charge in [-0.3, -0.25) is 19.7 Å². The number of hydrogen-bond donors (Lipinski definition) is 0. The molecule has 7 heteroatoms. The van der Waals surface area contributed by atoms with Crippen LogP contribution in [0.15, 0.2) is 36.4 Å². The third-order valence-electron chi connectivity index (χ3n) is 3.56. The molecule has 2 aromatic carbocycles. The number of halogens is 1. The minimum Gasteiger partial charge on any atom is -0.268 e. The van der Waals surface area contributed by atoms with E-state index in [0.29, 0.717) is 0 Å². The number of hydrogen-bond acceptors (Lipinski definition) is 4. The smallest absolute Gasteiger partial charge is 0.268 e. The predicted molar refractivity (Wildman–Crippen MR) is 80.4 cm³/mol. The van der Waals surface area contributed by atoms with E-state index in [9.17, 15) is 19.7 Å². The lowest BCUT2D eigenvalue weighted by molar-refractivity contribution is -0.384. The summed E-state index contributed by atoms with van der Waals surface area (Å²) in [4.78, 5) is 36.4. The fourth-order valence-electron chi connectivity index (χ4n) is 2.48. The van der Waals surface area contributed by atoms with Crippen LogP contribution in [0.4, 0.5) is 11.4 Å². The van der Waals surface area contributed by atoms with Crippen molar-refractivity contribution >= 4 is 34.8 Å². The molecule has 0 N–H and O–H groups in total. The third-order valence-corrected chi connectivity index (χ3v) is 3.97. The molecule has 2 amide bonds. The molecule has 0 aromatic heterocycles. The Morgan fingerprint density at radius 1 is 1.05 bits per heavy atom. The van der Waals surface area contributed by atoms with E-state index >= 15 is 0 Å². The Balaban J connectivity index is 2.23. The molecule has 1 heterocycles. The van der Waals surface area contributed by atoms with Gasteiger partial charge in [0.1, 0.15) is 5.69 Å². The van der Waals surface area contributed by atoms with Gasteiger partial charge in [-0.2, -0.15) is 0 Å². The molecule has 110 valence electrons. The van der Waals surface area contributed by atoms with Crippen LogP contribution in [0.2, 0.25) is 5.02 Å². The molecule has 0 saturated carbocycles. The van der Waals surface area contributed by atoms with Crippen molar-refractivity contribution in [3.05, 3.63) is 68.2 Å². The van der Waals surface area contributed by atoms with Crippen molar-refractivity contribution in [2.45, 2.75) is 6.92 Å². The number of nitro groups is 1. The largest absolute Gasteiger partial charge is 0.297 e. The van der Waals surface area contributed by atoms with Crippen molar-refractivity contribution in [3.63, 3.8) is 0 Å². The second-order valence-electron chi connectivity index (χ2n) is 4.79. The van der Waals surface area contributed by atoms with E-state index in [4.69, 9.17) is 11.6 Å². The van der Waals surface area contributed by atoms with Gasteiger partial charge in [0.25, 0.3) is 17.5 Å². The number of nitro benzene ring substituents is 1. The number of amides is 2. The summed E-state index contributed by atoms with van der Waals surface area (Å²) >= 11 is 5.91. The molecule has 2 aromatic rings. The van der Waals surface area contributed by atoms with Crippen LogP contribution in [-0.2, 0) is 0 Å². The van der Waals surface area contributed by atoms with Gasteiger partial charge in [-0.05, 0) is 31.2 Å². The van der Waals surface area contributed by atoms with Crippen LogP contribution in [0.5, 0.6) is 0 Å². The van der Waals surface area contributed by atoms with Gasteiger partial charge in [0.05, 0.1) is 21.1 Å². The van der Waals surface area contributed by atoms with E-state index in [0.717, 1.165) is 4.90 Å². The fraction of sp³-hybridized carbons (Fsp3) is 0.0667. The Bertz CT molecular complexity index is 812. The van der Waals surface area contributed by atoms with Crippen LogP contribution in [0.25, 0.3) is 0 Å². The van der Waals surface area contributed by atoms with Gasteiger partial charge in [-0.25, -0.2) is 4.90 Å². The van der Waals surface area contributed by atoms with Crippen molar-refractivity contribution in [1.82, 2.24) is 0 Å². The minimum absolute atomic E-state index is 0.0712. The van der Waals surface area contributed by atoms with Crippen LogP contribution >= 0.6 is 11.6 Å². The van der Waals surface area contributed by atoms with Gasteiger partial charge in [0.2, 0.25) is 0 Å². The number of nitrogens with zero attached hydrogens (tertiary/aromatic N) is 2. The van der Waals surface area contributed by atoms with E-state index in [1.807, 2.05) is 0 Å². The summed E-state index contributed by atoms with van der Waals surface area (Å²) in [6, 6.07) is 9.05. The molecular weight excluding hydrogens is 308 g/mol. The van der Waals surface area contributed by atoms with Crippen molar-refractivity contribution in [2.75, 3.05) is 4.90 Å². The Labute approximate surface area is 130 Å². The lowest BCUT2D eigenvalue weighted by atomic mass is 10.1. The van der Waals surface area contributed by atoms with Crippen LogP contribution < -0.4 is 4.90 Å². The van der Waals surface area contributed by atoms with Crippen LogP contribution in [0.3, 0.4) is 0 Å². The van der Waals surface area contributed by atoms with E-state index in [1.54, 1.807) is 12.1 Å². The molecule has 0 atom stereocenters. The molecule has 0 radical (unpaired) electrons. The number of benzene rings is 2. The molecule has 0 unspecified atom stereocenters. The Hall–Kier alpha value is -2.73. The van der Waals surface area contributed by atoms with Crippen LogP contribution in [0.1, 0.15) is 26.3 Å². The topological polar surface area (TPSA) is 80.5 Å². The molecule has 3 rings (SSSR count). The maximum Gasteiger partial charge on any atom is 0.297 e. The number of fused-ring (bicyclic) bond motifs is 1. The quantitative estimate of drug-likeness (QED) is 0.483. The zero-order valence-corrected chi connectivity index (χ0v) is 12.1. The molecule has 0 bridgehead atoms. The van der Waals surface area contributed by atoms with E-state index in [2.05, 4.69) is 0 Å². The lowest BCUT2D eigenvalue weighted by Gasteiger charge is -2.15. The Morgan fingerprint density at radius 2 is 1.59 bits per heavy atom. The van der Waals surface area contributed by atoms with E-state index in [1.165, 1.54) is 31.2 Å². The minimum atomic E-state index is -0.639. The van der Waals surface area contributed by atoms with Crippen molar-refractivity contribution in [2.24, 2.45) is 0 Å². The summed E-state index contributed by atoms with van der Waals surface area (Å²) in [5, 5.41) is 11.5. The second-order valence-corrected chi connectivity index (χ2v) is 5.20. The second kappa shape index (κ2) is 4.92. The fourth-order valence-corrected chi connectivity index (χ4v) is 2.63. The average molecular weight is 317 g/mol. The maximum atomic E-state index is 12.4. The molecule has 1 aliphatic heterocycles. The monoisotopic (exact) mass is 316 g/mol. The summed E-state index contributed by atoms with van der Waals surface area (Å²) in [6.07, 6.45) is 0. The highest BCUT2D eigenvalue weighted by Crippen LogP contribution is 2.39. The number of anilines is 1. The lowest BCUT2D eigenvalue weighted by Crippen LogP contribution is -2.30. The molecule has 0 saturated heterocycles. The first-order chi connectivity index (χ1) is 10.4. The molecular formula is C15H9ClN2O4. The third kappa shape index (κ3) is 1.88. The van der Waals surface area contributed by atoms with Gasteiger partial charge >= 0.3 is 0 Å². The maximum absolute atomic E-state index is 12.4. The highest BCUT2D eigenvalue weighted by Gasteiger charge is 2.40. The summed E-state index contributed by atoms with van der Waals surface area (Å²) in [5.41, 5.74) is 0.254. The molecule has 0 spiro atoms. The van der Waals surface area contributed by atoms with Gasteiger partial charge in [-0.1, -0.05) is 23.7 Å². The predicted octanol–water partition coefficient (Wildman–Crippen LogP) is 3.36. The van der Waals surface area contributed by atoms with E-state index in [-0.39, 0.29) is 33.1 Å². The Morgan fingerprint density at radius 3 is 2.09 bits per heavy atom. The summed E-state index contributed by atoms with van der Waals surface area (Å²) < 4.78 is 0. The standard InChI is InChI=1S/C15H9ClN2O4/c1-8-11(16)6-7-12(13(8)18(21)22)17-14(19)9-4-2-3-5-10(9)15(17)20/h2-7H,1H3. The van der Waals surface area contributed by atoms with Crippen molar-refractivity contribution in [3.8, 4) is 0 Å². The number of rotatable bonds is 2. The molecule has 6 nitrogen and oxygen atoms in total. The molecule has 1 aliphatic rings. The van der Waals surface area contributed by atoms with E-state index < -0.39 is 16.7 Å². The number of imide groups is 1. The van der Waals surface area contributed by atoms with Gasteiger partial charge in [0, 0.05) is 5.56 Å². The number of carbonyl (C=O) groups is 2. The number of carbonyl (C=O) groups excluding carboxylic acids is 2. The van der Waals surface area contributed by atoms with Gasteiger partial charge in [0.15, 0.2) is 0 Å². The summed E-state index contributed by atoms with van der Waals surface area (Å²) in [6.45, 7) is 1.47. The first-order valence-corrected chi connectivity index (χ1v) is 6.72. The molecule has 0 fully saturated rings.